The van der Waals surface area contributed by atoms with Gasteiger partial charge in [0.15, 0.2) is 11.6 Å². The lowest BCUT2D eigenvalue weighted by Gasteiger charge is -2.50. The molecule has 2 unspecified atom stereocenters. The number of piperazine rings is 1. The van der Waals surface area contributed by atoms with Gasteiger partial charge in [-0.15, -0.1) is 0 Å². The van der Waals surface area contributed by atoms with Crippen molar-refractivity contribution in [3.05, 3.63) is 71.5 Å². The summed E-state index contributed by atoms with van der Waals surface area (Å²) in [5.41, 5.74) is -0.904. The van der Waals surface area contributed by atoms with E-state index in [4.69, 9.17) is 0 Å². The molecular weight excluding hydrogens is 539 g/mol. The standard InChI is InChI=1S/C32H37FN4O5/c1-34-17-19-36(20-18-34)31(42)32(21-26(13-16-37(32)22-38)29(40)23-5-3-2-4-6-23)30(41)35-14-11-25(12-15-35)28(39)24-7-9-27(33)10-8-24/h2-10,22,25-26H,11-21H2,1H3. The Labute approximate surface area is 245 Å². The van der Waals surface area contributed by atoms with Crippen LogP contribution < -0.4 is 0 Å². The second-order valence-electron chi connectivity index (χ2n) is 11.6. The van der Waals surface area contributed by atoms with Gasteiger partial charge in [-0.1, -0.05) is 30.3 Å². The van der Waals surface area contributed by atoms with Crippen molar-refractivity contribution in [2.24, 2.45) is 11.8 Å². The number of likely N-dealkylation sites (tertiary alicyclic amines) is 2. The number of piperidine rings is 2. The molecule has 5 rings (SSSR count). The summed E-state index contributed by atoms with van der Waals surface area (Å²) in [5, 5.41) is 0. The molecule has 0 radical (unpaired) electrons. The summed E-state index contributed by atoms with van der Waals surface area (Å²) in [7, 11) is 1.97. The lowest BCUT2D eigenvalue weighted by molar-refractivity contribution is -0.168. The van der Waals surface area contributed by atoms with Crippen LogP contribution in [-0.4, -0.2) is 108 Å². The molecule has 3 fully saturated rings. The van der Waals surface area contributed by atoms with Crippen molar-refractivity contribution in [1.82, 2.24) is 19.6 Å². The third-order valence-electron chi connectivity index (χ3n) is 9.09. The molecule has 9 nitrogen and oxygen atoms in total. The predicted octanol–water partition coefficient (Wildman–Crippen LogP) is 2.51. The van der Waals surface area contributed by atoms with E-state index in [1.165, 1.54) is 29.2 Å². The average Bonchev–Trinajstić information content (AvgIpc) is 3.04. The van der Waals surface area contributed by atoms with Gasteiger partial charge in [-0.25, -0.2) is 4.39 Å². The minimum absolute atomic E-state index is 0.0854. The van der Waals surface area contributed by atoms with E-state index >= 15 is 0 Å². The van der Waals surface area contributed by atoms with Crippen LogP contribution in [-0.2, 0) is 14.4 Å². The first-order valence-electron chi connectivity index (χ1n) is 14.6. The number of ketones is 2. The summed E-state index contributed by atoms with van der Waals surface area (Å²) < 4.78 is 13.4. The first-order chi connectivity index (χ1) is 20.2. The molecule has 0 bridgehead atoms. The molecule has 2 aromatic carbocycles. The fourth-order valence-corrected chi connectivity index (χ4v) is 6.51. The van der Waals surface area contributed by atoms with Crippen LogP contribution in [0.15, 0.2) is 54.6 Å². The van der Waals surface area contributed by atoms with E-state index in [1.807, 2.05) is 13.1 Å². The zero-order valence-electron chi connectivity index (χ0n) is 23.9. The Bertz CT molecular complexity index is 1320. The zero-order chi connectivity index (χ0) is 29.9. The Morgan fingerprint density at radius 2 is 1.24 bits per heavy atom. The second kappa shape index (κ2) is 12.5. The summed E-state index contributed by atoms with van der Waals surface area (Å²) in [4.78, 5) is 74.7. The Morgan fingerprint density at radius 3 is 1.83 bits per heavy atom. The van der Waals surface area contributed by atoms with E-state index in [-0.39, 0.29) is 43.5 Å². The number of hydrogen-bond acceptors (Lipinski definition) is 6. The SMILES string of the molecule is CN1CCN(C(=O)C2(C(=O)N3CCC(C(=O)c4ccc(F)cc4)CC3)CC(C(=O)c3ccccc3)CCN2C=O)CC1. The Balaban J connectivity index is 1.41. The van der Waals surface area contributed by atoms with Crippen LogP contribution in [0.3, 0.4) is 0 Å². The number of amides is 3. The van der Waals surface area contributed by atoms with E-state index in [2.05, 4.69) is 4.90 Å². The van der Waals surface area contributed by atoms with Crippen molar-refractivity contribution in [2.75, 3.05) is 52.9 Å². The molecule has 2 atom stereocenters. The molecule has 3 aliphatic rings. The van der Waals surface area contributed by atoms with Gasteiger partial charge < -0.3 is 19.6 Å². The van der Waals surface area contributed by atoms with Crippen LogP contribution in [0, 0.1) is 17.7 Å². The van der Waals surface area contributed by atoms with Crippen molar-refractivity contribution in [3.63, 3.8) is 0 Å². The third kappa shape index (κ3) is 5.72. The number of likely N-dealkylation sites (N-methyl/N-ethyl adjacent to an activating group) is 1. The van der Waals surface area contributed by atoms with E-state index in [1.54, 1.807) is 34.1 Å². The summed E-state index contributed by atoms with van der Waals surface area (Å²) in [6, 6.07) is 14.3. The minimum Gasteiger partial charge on any atom is -0.340 e. The maximum Gasteiger partial charge on any atom is 0.258 e. The fourth-order valence-electron chi connectivity index (χ4n) is 6.51. The molecule has 222 valence electrons. The molecule has 3 aliphatic heterocycles. The maximum absolute atomic E-state index is 14.5. The first-order valence-corrected chi connectivity index (χ1v) is 14.6. The molecule has 42 heavy (non-hydrogen) atoms. The van der Waals surface area contributed by atoms with Crippen LogP contribution in [0.25, 0.3) is 0 Å². The van der Waals surface area contributed by atoms with Crippen molar-refractivity contribution in [3.8, 4) is 0 Å². The third-order valence-corrected chi connectivity index (χ3v) is 9.09. The van der Waals surface area contributed by atoms with E-state index < -0.39 is 29.1 Å². The maximum atomic E-state index is 14.5. The van der Waals surface area contributed by atoms with Crippen LogP contribution in [0.2, 0.25) is 0 Å². The summed E-state index contributed by atoms with van der Waals surface area (Å²) in [5.74, 6) is -2.55. The summed E-state index contributed by atoms with van der Waals surface area (Å²) in [6.45, 7) is 2.69. The predicted molar refractivity (Wildman–Crippen MR) is 153 cm³/mol. The summed E-state index contributed by atoms with van der Waals surface area (Å²) >= 11 is 0. The normalized spacial score (nSPS) is 23.9. The van der Waals surface area contributed by atoms with Crippen LogP contribution >= 0.6 is 0 Å². The van der Waals surface area contributed by atoms with Crippen LogP contribution in [0.1, 0.15) is 46.4 Å². The van der Waals surface area contributed by atoms with Crippen LogP contribution in [0.5, 0.6) is 0 Å². The fraction of sp³-hybridized carbons (Fsp3) is 0.469. The number of hydrogen-bond donors (Lipinski definition) is 0. The quantitative estimate of drug-likeness (QED) is 0.286. The largest absolute Gasteiger partial charge is 0.340 e. The monoisotopic (exact) mass is 576 g/mol. The van der Waals surface area contributed by atoms with Gasteiger partial charge in [-0.3, -0.25) is 24.0 Å². The van der Waals surface area contributed by atoms with Gasteiger partial charge in [-0.2, -0.15) is 0 Å². The number of rotatable bonds is 7. The van der Waals surface area contributed by atoms with Crippen molar-refractivity contribution in [1.29, 1.82) is 0 Å². The van der Waals surface area contributed by atoms with Crippen LogP contribution in [0.4, 0.5) is 4.39 Å². The van der Waals surface area contributed by atoms with Gasteiger partial charge in [-0.05, 0) is 57.0 Å². The van der Waals surface area contributed by atoms with Crippen molar-refractivity contribution >= 4 is 29.8 Å². The number of benzene rings is 2. The first kappa shape index (κ1) is 29.6. The molecule has 0 spiro atoms. The molecule has 3 heterocycles. The molecule has 10 heteroatoms. The van der Waals surface area contributed by atoms with Crippen molar-refractivity contribution < 1.29 is 28.4 Å². The van der Waals surface area contributed by atoms with Gasteiger partial charge in [0.1, 0.15) is 5.82 Å². The van der Waals surface area contributed by atoms with Gasteiger partial charge in [0.2, 0.25) is 11.9 Å². The number of carbonyl (C=O) groups is 5. The summed E-state index contributed by atoms with van der Waals surface area (Å²) in [6.07, 6.45) is 1.60. The Hall–Kier alpha value is -3.92. The smallest absolute Gasteiger partial charge is 0.258 e. The van der Waals surface area contributed by atoms with Crippen molar-refractivity contribution in [2.45, 2.75) is 31.2 Å². The highest BCUT2D eigenvalue weighted by Crippen LogP contribution is 2.38. The minimum atomic E-state index is -1.83. The van der Waals surface area contributed by atoms with E-state index in [9.17, 15) is 28.4 Å². The molecule has 0 N–H and O–H groups in total. The number of halogens is 1. The molecule has 0 aromatic heterocycles. The highest BCUT2D eigenvalue weighted by molar-refractivity contribution is 6.12. The average molecular weight is 577 g/mol. The lowest BCUT2D eigenvalue weighted by atomic mass is 9.75. The number of Topliss-reactive ketones (excluding diaryl/α,β-unsaturated/α-hetero) is 2. The van der Waals surface area contributed by atoms with Gasteiger partial charge in [0.05, 0.1) is 0 Å². The van der Waals surface area contributed by atoms with Gasteiger partial charge in [0, 0.05) is 68.8 Å². The molecule has 2 aromatic rings. The molecule has 3 saturated heterocycles. The number of carbonyl (C=O) groups excluding carboxylic acids is 5. The highest BCUT2D eigenvalue weighted by atomic mass is 19.1. The molecule has 3 amide bonds. The molecule has 0 saturated carbocycles. The van der Waals surface area contributed by atoms with E-state index in [0.717, 1.165) is 0 Å². The zero-order valence-corrected chi connectivity index (χ0v) is 23.9. The van der Waals surface area contributed by atoms with Gasteiger partial charge >= 0.3 is 0 Å². The van der Waals surface area contributed by atoms with E-state index in [0.29, 0.717) is 63.0 Å². The molecule has 0 aliphatic carbocycles. The number of nitrogens with zero attached hydrogens (tertiary/aromatic N) is 4. The Kier molecular flexibility index (Phi) is 8.82. The Morgan fingerprint density at radius 1 is 0.714 bits per heavy atom. The topological polar surface area (TPSA) is 98.3 Å². The second-order valence-corrected chi connectivity index (χ2v) is 11.6. The highest BCUT2D eigenvalue weighted by Gasteiger charge is 2.58. The lowest BCUT2D eigenvalue weighted by Crippen LogP contribution is -2.71. The van der Waals surface area contributed by atoms with Gasteiger partial charge in [0.25, 0.3) is 11.8 Å². The molecular formula is C32H37FN4O5.